The van der Waals surface area contributed by atoms with Crippen molar-refractivity contribution in [3.8, 4) is 11.3 Å². The monoisotopic (exact) mass is 506 g/mol. The third kappa shape index (κ3) is 5.81. The SMILES string of the molecule is CC(=O)Nc1ccc(-c2ccnc(Nc3ccc(N4CCN(C(=O)c5ccccc5C)CC4)cc3)n2)cc1. The van der Waals surface area contributed by atoms with Crippen molar-refractivity contribution in [1.82, 2.24) is 14.9 Å². The molecule has 2 heterocycles. The zero-order valence-electron chi connectivity index (χ0n) is 21.5. The van der Waals surface area contributed by atoms with Crippen LogP contribution >= 0.6 is 0 Å². The average molecular weight is 507 g/mol. The molecule has 8 heteroatoms. The Labute approximate surface area is 222 Å². The van der Waals surface area contributed by atoms with Crippen LogP contribution in [0.5, 0.6) is 0 Å². The summed E-state index contributed by atoms with van der Waals surface area (Å²) in [4.78, 5) is 37.4. The average Bonchev–Trinajstić information content (AvgIpc) is 2.94. The summed E-state index contributed by atoms with van der Waals surface area (Å²) in [6, 6.07) is 25.3. The second-order valence-corrected chi connectivity index (χ2v) is 9.29. The summed E-state index contributed by atoms with van der Waals surface area (Å²) in [5, 5.41) is 6.04. The van der Waals surface area contributed by atoms with Gasteiger partial charge < -0.3 is 20.4 Å². The summed E-state index contributed by atoms with van der Waals surface area (Å²) in [6.07, 6.45) is 1.72. The van der Waals surface area contributed by atoms with Crippen molar-refractivity contribution < 1.29 is 9.59 Å². The number of nitrogens with one attached hydrogen (secondary N) is 2. The fourth-order valence-electron chi connectivity index (χ4n) is 4.54. The Morgan fingerprint density at radius 1 is 0.816 bits per heavy atom. The molecule has 8 nitrogen and oxygen atoms in total. The van der Waals surface area contributed by atoms with Crippen molar-refractivity contribution in [3.05, 3.63) is 96.2 Å². The Hall–Kier alpha value is -4.72. The number of amides is 2. The third-order valence-corrected chi connectivity index (χ3v) is 6.59. The van der Waals surface area contributed by atoms with Crippen LogP contribution in [0.4, 0.5) is 23.0 Å². The van der Waals surface area contributed by atoms with Gasteiger partial charge in [-0.25, -0.2) is 9.97 Å². The van der Waals surface area contributed by atoms with E-state index in [9.17, 15) is 9.59 Å². The molecule has 5 rings (SSSR count). The van der Waals surface area contributed by atoms with E-state index in [1.807, 2.05) is 78.6 Å². The van der Waals surface area contributed by atoms with Gasteiger partial charge in [-0.05, 0) is 61.0 Å². The molecule has 0 unspecified atom stereocenters. The van der Waals surface area contributed by atoms with Crippen LogP contribution in [0, 0.1) is 6.92 Å². The molecule has 2 amide bonds. The van der Waals surface area contributed by atoms with Crippen LogP contribution in [-0.4, -0.2) is 52.9 Å². The minimum absolute atomic E-state index is 0.104. The van der Waals surface area contributed by atoms with Crippen LogP contribution in [0.1, 0.15) is 22.8 Å². The van der Waals surface area contributed by atoms with Gasteiger partial charge in [0.25, 0.3) is 5.91 Å². The number of aryl methyl sites for hydroxylation is 1. The van der Waals surface area contributed by atoms with Gasteiger partial charge in [-0.1, -0.05) is 30.3 Å². The number of anilines is 4. The molecule has 4 aromatic rings. The minimum atomic E-state index is -0.104. The first-order valence-corrected chi connectivity index (χ1v) is 12.6. The molecule has 0 aliphatic carbocycles. The Morgan fingerprint density at radius 2 is 1.50 bits per heavy atom. The number of piperazine rings is 1. The van der Waals surface area contributed by atoms with Gasteiger partial charge in [0.05, 0.1) is 5.69 Å². The first-order chi connectivity index (χ1) is 18.5. The predicted octanol–water partition coefficient (Wildman–Crippen LogP) is 5.12. The molecule has 1 aliphatic rings. The lowest BCUT2D eigenvalue weighted by atomic mass is 10.1. The maximum atomic E-state index is 12.9. The van der Waals surface area contributed by atoms with Crippen molar-refractivity contribution >= 4 is 34.8 Å². The second-order valence-electron chi connectivity index (χ2n) is 9.29. The zero-order valence-corrected chi connectivity index (χ0v) is 21.5. The Bertz CT molecular complexity index is 1430. The van der Waals surface area contributed by atoms with E-state index in [0.29, 0.717) is 19.0 Å². The van der Waals surface area contributed by atoms with Crippen LogP contribution in [0.15, 0.2) is 85.1 Å². The Balaban J connectivity index is 1.19. The van der Waals surface area contributed by atoms with E-state index in [1.54, 1.807) is 6.20 Å². The van der Waals surface area contributed by atoms with Gasteiger partial charge in [0.1, 0.15) is 0 Å². The highest BCUT2D eigenvalue weighted by Crippen LogP contribution is 2.24. The van der Waals surface area contributed by atoms with Crippen molar-refractivity contribution in [2.24, 2.45) is 0 Å². The number of benzene rings is 3. The highest BCUT2D eigenvalue weighted by atomic mass is 16.2. The fraction of sp³-hybridized carbons (Fsp3) is 0.200. The molecule has 1 aromatic heterocycles. The normalized spacial score (nSPS) is 13.2. The zero-order chi connectivity index (χ0) is 26.5. The summed E-state index contributed by atoms with van der Waals surface area (Å²) in [5.74, 6) is 0.505. The molecule has 1 fully saturated rings. The molecular weight excluding hydrogens is 476 g/mol. The highest BCUT2D eigenvalue weighted by Gasteiger charge is 2.23. The predicted molar refractivity (Wildman–Crippen MR) is 151 cm³/mol. The van der Waals surface area contributed by atoms with Crippen LogP contribution in [0.3, 0.4) is 0 Å². The molecular formula is C30H30N6O2. The van der Waals surface area contributed by atoms with E-state index in [2.05, 4.69) is 37.6 Å². The van der Waals surface area contributed by atoms with Gasteiger partial charge >= 0.3 is 0 Å². The number of hydrogen-bond donors (Lipinski definition) is 2. The summed E-state index contributed by atoms with van der Waals surface area (Å²) in [7, 11) is 0. The largest absolute Gasteiger partial charge is 0.368 e. The smallest absolute Gasteiger partial charge is 0.254 e. The lowest BCUT2D eigenvalue weighted by molar-refractivity contribution is -0.114. The summed E-state index contributed by atoms with van der Waals surface area (Å²) >= 11 is 0. The second kappa shape index (κ2) is 11.1. The first kappa shape index (κ1) is 25.0. The van der Waals surface area contributed by atoms with Crippen LogP contribution in [-0.2, 0) is 4.79 Å². The van der Waals surface area contributed by atoms with Gasteiger partial charge in [-0.15, -0.1) is 0 Å². The van der Waals surface area contributed by atoms with Gasteiger partial charge in [0.2, 0.25) is 11.9 Å². The van der Waals surface area contributed by atoms with Crippen LogP contribution in [0.2, 0.25) is 0 Å². The summed E-state index contributed by atoms with van der Waals surface area (Å²) in [5.41, 5.74) is 6.26. The number of hydrogen-bond acceptors (Lipinski definition) is 6. The van der Waals surface area contributed by atoms with Crippen molar-refractivity contribution in [2.75, 3.05) is 41.7 Å². The molecule has 1 saturated heterocycles. The van der Waals surface area contributed by atoms with Gasteiger partial charge in [-0.3, -0.25) is 9.59 Å². The van der Waals surface area contributed by atoms with Crippen molar-refractivity contribution in [2.45, 2.75) is 13.8 Å². The molecule has 38 heavy (non-hydrogen) atoms. The standard InChI is InChI=1S/C30H30N6O2/c1-21-5-3-4-6-27(21)29(38)36-19-17-35(18-20-36)26-13-11-25(12-14-26)33-30-31-16-15-28(34-30)23-7-9-24(10-8-23)32-22(2)37/h3-16H,17-20H2,1-2H3,(H,32,37)(H,31,33,34). The maximum absolute atomic E-state index is 12.9. The number of carbonyl (C=O) groups excluding carboxylic acids is 2. The van der Waals surface area contributed by atoms with E-state index < -0.39 is 0 Å². The third-order valence-electron chi connectivity index (χ3n) is 6.59. The van der Waals surface area contributed by atoms with E-state index in [-0.39, 0.29) is 11.8 Å². The van der Waals surface area contributed by atoms with Gasteiger partial charge in [-0.2, -0.15) is 0 Å². The van der Waals surface area contributed by atoms with E-state index in [1.165, 1.54) is 6.92 Å². The molecule has 1 aliphatic heterocycles. The topological polar surface area (TPSA) is 90.5 Å². The van der Waals surface area contributed by atoms with E-state index in [0.717, 1.165) is 52.5 Å². The lowest BCUT2D eigenvalue weighted by Crippen LogP contribution is -2.48. The molecule has 0 bridgehead atoms. The van der Waals surface area contributed by atoms with Crippen molar-refractivity contribution in [3.63, 3.8) is 0 Å². The van der Waals surface area contributed by atoms with Crippen LogP contribution < -0.4 is 15.5 Å². The number of carbonyl (C=O) groups is 2. The first-order valence-electron chi connectivity index (χ1n) is 12.6. The van der Waals surface area contributed by atoms with Gasteiger partial charge in [0, 0.05) is 67.5 Å². The fourth-order valence-corrected chi connectivity index (χ4v) is 4.54. The van der Waals surface area contributed by atoms with E-state index >= 15 is 0 Å². The number of rotatable bonds is 6. The molecule has 0 radical (unpaired) electrons. The van der Waals surface area contributed by atoms with Gasteiger partial charge in [0.15, 0.2) is 0 Å². The summed E-state index contributed by atoms with van der Waals surface area (Å²) < 4.78 is 0. The molecule has 0 saturated carbocycles. The maximum Gasteiger partial charge on any atom is 0.254 e. The number of aromatic nitrogens is 2. The highest BCUT2D eigenvalue weighted by molar-refractivity contribution is 5.95. The molecule has 0 atom stereocenters. The van der Waals surface area contributed by atoms with E-state index in [4.69, 9.17) is 0 Å². The molecule has 0 spiro atoms. The minimum Gasteiger partial charge on any atom is -0.368 e. The van der Waals surface area contributed by atoms with Crippen LogP contribution in [0.25, 0.3) is 11.3 Å². The number of nitrogens with zero attached hydrogens (tertiary/aromatic N) is 4. The molecule has 3 aromatic carbocycles. The molecule has 192 valence electrons. The summed E-state index contributed by atoms with van der Waals surface area (Å²) in [6.45, 7) is 6.43. The van der Waals surface area contributed by atoms with Crippen molar-refractivity contribution in [1.29, 1.82) is 0 Å². The lowest BCUT2D eigenvalue weighted by Gasteiger charge is -2.36. The molecule has 2 N–H and O–H groups in total. The Morgan fingerprint density at radius 3 is 2.18 bits per heavy atom. The Kier molecular flexibility index (Phi) is 7.31. The quantitative estimate of drug-likeness (QED) is 0.377.